The Bertz CT molecular complexity index is 1020. The number of imide groups is 1. The molecule has 0 N–H and O–H groups in total. The van der Waals surface area contributed by atoms with Crippen LogP contribution < -0.4 is 0 Å². The molecule has 4 nitrogen and oxygen atoms in total. The maximum Gasteiger partial charge on any atom is 0.268 e. The van der Waals surface area contributed by atoms with Crippen LogP contribution in [0.25, 0.3) is 5.57 Å². The molecule has 134 valence electrons. The van der Waals surface area contributed by atoms with Gasteiger partial charge in [-0.15, -0.1) is 11.3 Å². The summed E-state index contributed by atoms with van der Waals surface area (Å²) in [5.41, 5.74) is 1.27. The minimum absolute atomic E-state index is 0.199. The Morgan fingerprint density at radius 2 is 1.85 bits per heavy atom. The van der Waals surface area contributed by atoms with Crippen LogP contribution in [0.1, 0.15) is 10.4 Å². The molecule has 0 aliphatic carbocycles. The molecule has 0 atom stereocenters. The van der Waals surface area contributed by atoms with Gasteiger partial charge in [0.05, 0.1) is 17.0 Å². The Labute approximate surface area is 169 Å². The van der Waals surface area contributed by atoms with Crippen LogP contribution in [0.3, 0.4) is 0 Å². The van der Waals surface area contributed by atoms with Gasteiger partial charge in [-0.2, -0.15) is 0 Å². The van der Waals surface area contributed by atoms with Crippen molar-refractivity contribution in [2.45, 2.75) is 11.4 Å². The summed E-state index contributed by atoms with van der Waals surface area (Å²) >= 11 is 8.69. The highest BCUT2D eigenvalue weighted by Crippen LogP contribution is 2.41. The maximum atomic E-state index is 13.1. The highest BCUT2D eigenvalue weighted by Gasteiger charge is 2.39. The van der Waals surface area contributed by atoms with E-state index in [-0.39, 0.29) is 18.4 Å². The molecule has 0 fully saturated rings. The van der Waals surface area contributed by atoms with E-state index >= 15 is 0 Å². The summed E-state index contributed by atoms with van der Waals surface area (Å²) in [4.78, 5) is 33.6. The Balaban J connectivity index is 1.70. The van der Waals surface area contributed by atoms with Crippen molar-refractivity contribution < 1.29 is 9.59 Å². The molecule has 3 heterocycles. The molecule has 1 aliphatic heterocycles. The fraction of sp³-hybridized carbons (Fsp3) is 0.0500. The van der Waals surface area contributed by atoms with Gasteiger partial charge in [-0.25, -0.2) is 0 Å². The van der Waals surface area contributed by atoms with Gasteiger partial charge in [-0.3, -0.25) is 19.5 Å². The molecule has 0 bridgehead atoms. The summed E-state index contributed by atoms with van der Waals surface area (Å²) in [5, 5.41) is 2.52. The van der Waals surface area contributed by atoms with Gasteiger partial charge in [0.15, 0.2) is 0 Å². The summed E-state index contributed by atoms with van der Waals surface area (Å²) in [6.07, 6.45) is 3.32. The van der Waals surface area contributed by atoms with E-state index in [1.165, 1.54) is 28.0 Å². The van der Waals surface area contributed by atoms with Gasteiger partial charge < -0.3 is 0 Å². The summed E-state index contributed by atoms with van der Waals surface area (Å²) in [6.45, 7) is 0.199. The number of amides is 2. The lowest BCUT2D eigenvalue weighted by Crippen LogP contribution is -2.30. The number of carbonyl (C=O) groups excluding carboxylic acids is 2. The van der Waals surface area contributed by atoms with E-state index < -0.39 is 0 Å². The molecule has 1 aromatic carbocycles. The van der Waals surface area contributed by atoms with E-state index in [2.05, 4.69) is 4.98 Å². The van der Waals surface area contributed by atoms with Crippen LogP contribution in [0.5, 0.6) is 0 Å². The second kappa shape index (κ2) is 7.68. The number of hydrogen-bond donors (Lipinski definition) is 0. The van der Waals surface area contributed by atoms with Gasteiger partial charge in [-0.05, 0) is 47.3 Å². The second-order valence-electron chi connectivity index (χ2n) is 5.80. The van der Waals surface area contributed by atoms with E-state index in [0.29, 0.717) is 15.5 Å². The minimum atomic E-state index is -0.285. The number of rotatable bonds is 5. The summed E-state index contributed by atoms with van der Waals surface area (Å²) in [5.74, 6) is -0.560. The fourth-order valence-corrected chi connectivity index (χ4v) is 4.69. The number of aromatic nitrogens is 1. The van der Waals surface area contributed by atoms with Crippen molar-refractivity contribution in [1.29, 1.82) is 0 Å². The molecule has 27 heavy (non-hydrogen) atoms. The third kappa shape index (κ3) is 3.69. The van der Waals surface area contributed by atoms with Gasteiger partial charge in [0, 0.05) is 27.2 Å². The largest absolute Gasteiger partial charge is 0.269 e. The first-order valence-electron chi connectivity index (χ1n) is 8.10. The van der Waals surface area contributed by atoms with Crippen LogP contribution in [0.2, 0.25) is 5.02 Å². The third-order valence-electron chi connectivity index (χ3n) is 3.99. The first-order valence-corrected chi connectivity index (χ1v) is 10.2. The number of carbonyl (C=O) groups is 2. The smallest absolute Gasteiger partial charge is 0.268 e. The molecule has 0 saturated heterocycles. The molecule has 2 aromatic heterocycles. The molecule has 0 saturated carbocycles. The van der Waals surface area contributed by atoms with Crippen molar-refractivity contribution in [3.63, 3.8) is 0 Å². The monoisotopic (exact) mass is 412 g/mol. The van der Waals surface area contributed by atoms with Crippen molar-refractivity contribution in [1.82, 2.24) is 9.88 Å². The predicted molar refractivity (Wildman–Crippen MR) is 108 cm³/mol. The van der Waals surface area contributed by atoms with Crippen molar-refractivity contribution in [3.05, 3.63) is 86.7 Å². The Morgan fingerprint density at radius 1 is 1.04 bits per heavy atom. The normalized spacial score (nSPS) is 14.3. The van der Waals surface area contributed by atoms with Crippen LogP contribution >= 0.6 is 34.7 Å². The molecular formula is C20H13ClN2O2S2. The topological polar surface area (TPSA) is 50.3 Å². The van der Waals surface area contributed by atoms with E-state index in [1.807, 2.05) is 35.7 Å². The Morgan fingerprint density at radius 3 is 2.52 bits per heavy atom. The van der Waals surface area contributed by atoms with Gasteiger partial charge in [0.25, 0.3) is 11.8 Å². The molecule has 3 aromatic rings. The lowest BCUT2D eigenvalue weighted by molar-refractivity contribution is -0.137. The summed E-state index contributed by atoms with van der Waals surface area (Å²) < 4.78 is 0. The first-order chi connectivity index (χ1) is 13.1. The predicted octanol–water partition coefficient (Wildman–Crippen LogP) is 4.87. The van der Waals surface area contributed by atoms with Crippen LogP contribution in [0.15, 0.2) is 76.1 Å². The highest BCUT2D eigenvalue weighted by molar-refractivity contribution is 8.04. The zero-order chi connectivity index (χ0) is 18.8. The van der Waals surface area contributed by atoms with Gasteiger partial charge in [-0.1, -0.05) is 35.5 Å². The third-order valence-corrected chi connectivity index (χ3v) is 6.22. The number of nitrogens with zero attached hydrogens (tertiary/aromatic N) is 2. The average molecular weight is 413 g/mol. The molecule has 2 amide bonds. The molecule has 0 unspecified atom stereocenters. The molecule has 0 radical (unpaired) electrons. The van der Waals surface area contributed by atoms with E-state index in [9.17, 15) is 9.59 Å². The van der Waals surface area contributed by atoms with Crippen molar-refractivity contribution in [2.75, 3.05) is 0 Å². The van der Waals surface area contributed by atoms with Gasteiger partial charge in [0.2, 0.25) is 0 Å². The van der Waals surface area contributed by atoms with Crippen LogP contribution in [-0.2, 0) is 16.1 Å². The molecule has 0 spiro atoms. The molecule has 1 aliphatic rings. The van der Waals surface area contributed by atoms with Crippen LogP contribution in [0.4, 0.5) is 0 Å². The molecule has 7 heteroatoms. The van der Waals surface area contributed by atoms with Gasteiger partial charge >= 0.3 is 0 Å². The SMILES string of the molecule is O=C1C(Sc2ccc(Cl)cc2)=C(c2cccs2)C(=O)N1Cc1cccnc1. The van der Waals surface area contributed by atoms with Crippen molar-refractivity contribution in [3.8, 4) is 0 Å². The first kappa shape index (κ1) is 18.0. The second-order valence-corrected chi connectivity index (χ2v) is 8.26. The minimum Gasteiger partial charge on any atom is -0.269 e. The fourth-order valence-electron chi connectivity index (χ4n) is 2.72. The zero-order valence-electron chi connectivity index (χ0n) is 14.0. The zero-order valence-corrected chi connectivity index (χ0v) is 16.4. The number of hydrogen-bond acceptors (Lipinski definition) is 5. The summed E-state index contributed by atoms with van der Waals surface area (Å²) in [6, 6.07) is 14.6. The van der Waals surface area contributed by atoms with Crippen LogP contribution in [-0.4, -0.2) is 21.7 Å². The van der Waals surface area contributed by atoms with Crippen LogP contribution in [0, 0.1) is 0 Å². The quantitative estimate of drug-likeness (QED) is 0.561. The van der Waals surface area contributed by atoms with E-state index in [0.717, 1.165) is 15.3 Å². The number of halogens is 1. The maximum absolute atomic E-state index is 13.1. The lowest BCUT2D eigenvalue weighted by Gasteiger charge is -2.14. The standard InChI is InChI=1S/C20H13ClN2O2S2/c21-14-5-7-15(8-6-14)27-18-17(16-4-2-10-26-16)19(24)23(20(18)25)12-13-3-1-9-22-11-13/h1-11H,12H2. The van der Waals surface area contributed by atoms with Crippen molar-refractivity contribution >= 4 is 52.1 Å². The van der Waals surface area contributed by atoms with Gasteiger partial charge in [0.1, 0.15) is 0 Å². The molecular weight excluding hydrogens is 400 g/mol. The number of thiophene rings is 1. The highest BCUT2D eigenvalue weighted by atomic mass is 35.5. The van der Waals surface area contributed by atoms with Crippen molar-refractivity contribution in [2.24, 2.45) is 0 Å². The Kier molecular flexibility index (Phi) is 5.11. The number of benzene rings is 1. The van der Waals surface area contributed by atoms with E-state index in [4.69, 9.17) is 11.6 Å². The number of pyridine rings is 1. The number of thioether (sulfide) groups is 1. The van der Waals surface area contributed by atoms with E-state index in [1.54, 1.807) is 30.6 Å². The average Bonchev–Trinajstić information content (AvgIpc) is 3.28. The summed E-state index contributed by atoms with van der Waals surface area (Å²) in [7, 11) is 0. The lowest BCUT2D eigenvalue weighted by atomic mass is 10.2. The Hall–Kier alpha value is -2.41. The molecule has 4 rings (SSSR count).